The molecule has 0 spiro atoms. The van der Waals surface area contributed by atoms with Gasteiger partial charge in [0.2, 0.25) is 0 Å². The maximum Gasteiger partial charge on any atom is 0.409 e. The van der Waals surface area contributed by atoms with Gasteiger partial charge in [0, 0.05) is 26.7 Å². The summed E-state index contributed by atoms with van der Waals surface area (Å²) in [6, 6.07) is 8.79. The molecule has 3 aromatic rings. The number of ether oxygens (including phenoxy) is 1. The maximum atomic E-state index is 14.2. The van der Waals surface area contributed by atoms with Gasteiger partial charge in [0.1, 0.15) is 18.3 Å². The first kappa shape index (κ1) is 25.8. The summed E-state index contributed by atoms with van der Waals surface area (Å²) in [5, 5.41) is 29.0. The molecule has 1 aliphatic carbocycles. The van der Waals surface area contributed by atoms with E-state index in [0.717, 1.165) is 0 Å². The number of carbonyl (C=O) groups excluding carboxylic acids is 2. The molecule has 0 radical (unpaired) electrons. The van der Waals surface area contributed by atoms with E-state index in [2.05, 4.69) is 26.8 Å². The molecular weight excluding hydrogens is 481 g/mol. The Kier molecular flexibility index (Phi) is 7.00. The fourth-order valence-corrected chi connectivity index (χ4v) is 3.57. The molecule has 11 nitrogen and oxygen atoms in total. The molecule has 4 rings (SSSR count). The predicted molar refractivity (Wildman–Crippen MR) is 133 cm³/mol. The van der Waals surface area contributed by atoms with Gasteiger partial charge in [0.15, 0.2) is 0 Å². The van der Waals surface area contributed by atoms with Crippen LogP contribution in [-0.4, -0.2) is 81.2 Å². The van der Waals surface area contributed by atoms with Crippen molar-refractivity contribution in [1.82, 2.24) is 24.8 Å². The summed E-state index contributed by atoms with van der Waals surface area (Å²) in [4.78, 5) is 30.6. The number of pyridine rings is 1. The van der Waals surface area contributed by atoms with Crippen molar-refractivity contribution < 1.29 is 23.8 Å². The molecule has 1 unspecified atom stereocenters. The van der Waals surface area contributed by atoms with Gasteiger partial charge in [-0.1, -0.05) is 0 Å². The zero-order valence-corrected chi connectivity index (χ0v) is 20.9. The summed E-state index contributed by atoms with van der Waals surface area (Å²) in [5.41, 5.74) is 1.22. The monoisotopic (exact) mass is 509 g/mol. The first-order valence-electron chi connectivity index (χ1n) is 11.7. The van der Waals surface area contributed by atoms with E-state index in [0.29, 0.717) is 34.6 Å². The zero-order valence-electron chi connectivity index (χ0n) is 20.9. The number of fused-ring (bicyclic) bond motifs is 1. The number of nitrogens with zero attached hydrogens (tertiary/aromatic N) is 5. The number of hydrogen-bond acceptors (Lipinski definition) is 8. The molecule has 12 heteroatoms. The van der Waals surface area contributed by atoms with Gasteiger partial charge in [0.05, 0.1) is 58.1 Å². The Balaban J connectivity index is 1.62. The van der Waals surface area contributed by atoms with Crippen LogP contribution in [0.2, 0.25) is 0 Å². The van der Waals surface area contributed by atoms with E-state index in [1.54, 1.807) is 42.9 Å². The molecule has 2 amide bonds. The van der Waals surface area contributed by atoms with E-state index in [-0.39, 0.29) is 24.3 Å². The van der Waals surface area contributed by atoms with Crippen LogP contribution >= 0.6 is 0 Å². The molecule has 3 atom stereocenters. The Bertz CT molecular complexity index is 1380. The Morgan fingerprint density at radius 2 is 2.11 bits per heavy atom. The van der Waals surface area contributed by atoms with Gasteiger partial charge in [-0.15, -0.1) is 0 Å². The van der Waals surface area contributed by atoms with Crippen LogP contribution in [0.3, 0.4) is 0 Å². The van der Waals surface area contributed by atoms with Crippen LogP contribution in [0.15, 0.2) is 36.7 Å². The lowest BCUT2D eigenvalue weighted by molar-refractivity contribution is -0.00178. The quantitative estimate of drug-likeness (QED) is 0.420. The molecule has 3 heterocycles. The van der Waals surface area contributed by atoms with Crippen molar-refractivity contribution in [2.75, 3.05) is 26.0 Å². The first-order valence-corrected chi connectivity index (χ1v) is 11.7. The summed E-state index contributed by atoms with van der Waals surface area (Å²) in [6.45, 7) is 2.26. The van der Waals surface area contributed by atoms with Gasteiger partial charge in [-0.3, -0.25) is 9.78 Å². The van der Waals surface area contributed by atoms with Gasteiger partial charge < -0.3 is 25.4 Å². The second kappa shape index (κ2) is 10.0. The summed E-state index contributed by atoms with van der Waals surface area (Å²) >= 11 is 0. The Labute approximate surface area is 212 Å². The number of hydrogen-bond donors (Lipinski definition) is 3. The van der Waals surface area contributed by atoms with E-state index in [9.17, 15) is 19.1 Å². The number of rotatable bonds is 8. The van der Waals surface area contributed by atoms with Crippen LogP contribution in [0.25, 0.3) is 16.9 Å². The number of anilines is 1. The minimum absolute atomic E-state index is 0.164. The van der Waals surface area contributed by atoms with Crippen LogP contribution in [0.4, 0.5) is 14.9 Å². The molecule has 0 bridgehead atoms. The average Bonchev–Trinajstić information content (AvgIpc) is 3.43. The average molecular weight is 510 g/mol. The lowest BCUT2D eigenvalue weighted by atomic mass is 10.0. The van der Waals surface area contributed by atoms with Crippen molar-refractivity contribution in [3.8, 4) is 17.5 Å². The van der Waals surface area contributed by atoms with Crippen molar-refractivity contribution in [3.63, 3.8) is 0 Å². The largest absolute Gasteiger partial charge is 0.444 e. The highest BCUT2D eigenvalue weighted by Gasteiger charge is 2.42. The molecule has 1 aliphatic rings. The number of nitrogens with one attached hydrogen (secondary N) is 2. The van der Waals surface area contributed by atoms with Gasteiger partial charge in [-0.05, 0) is 38.1 Å². The van der Waals surface area contributed by atoms with E-state index in [1.807, 2.05) is 0 Å². The number of aromatic nitrogens is 3. The van der Waals surface area contributed by atoms with Gasteiger partial charge >= 0.3 is 6.09 Å². The smallest absolute Gasteiger partial charge is 0.409 e. The number of amides is 2. The summed E-state index contributed by atoms with van der Waals surface area (Å²) in [6.07, 6.45) is 0.863. The van der Waals surface area contributed by atoms with Crippen LogP contribution in [-0.2, 0) is 4.74 Å². The summed E-state index contributed by atoms with van der Waals surface area (Å²) in [5.74, 6) is -0.576. The molecule has 194 valence electrons. The molecule has 1 saturated carbocycles. The first-order chi connectivity index (χ1) is 17.5. The van der Waals surface area contributed by atoms with Crippen molar-refractivity contribution >= 4 is 23.2 Å². The van der Waals surface area contributed by atoms with Gasteiger partial charge in [-0.2, -0.15) is 10.4 Å². The fraction of sp³-hybridized carbons (Fsp3) is 0.400. The lowest BCUT2D eigenvalue weighted by Gasteiger charge is -2.22. The molecule has 1 fully saturated rings. The van der Waals surface area contributed by atoms with E-state index >= 15 is 0 Å². The maximum absolute atomic E-state index is 14.2. The van der Waals surface area contributed by atoms with Gasteiger partial charge in [-0.25, -0.2) is 13.7 Å². The molecule has 37 heavy (non-hydrogen) atoms. The Hall–Kier alpha value is -4.24. The van der Waals surface area contributed by atoms with Crippen LogP contribution in [0, 0.1) is 11.3 Å². The topological polar surface area (TPSA) is 145 Å². The molecule has 0 aliphatic heterocycles. The summed E-state index contributed by atoms with van der Waals surface area (Å²) < 4.78 is 21.2. The second-order valence-electron chi connectivity index (χ2n) is 9.66. The highest BCUT2D eigenvalue weighted by atomic mass is 19.1. The van der Waals surface area contributed by atoms with E-state index < -0.39 is 23.8 Å². The van der Waals surface area contributed by atoms with Crippen molar-refractivity contribution in [2.45, 2.75) is 44.2 Å². The number of carbonyl (C=O) groups is 2. The number of alkyl halides is 1. The molecule has 3 N–H and O–H groups in total. The number of nitriles is 1. The Morgan fingerprint density at radius 1 is 1.35 bits per heavy atom. The van der Waals surface area contributed by atoms with Crippen LogP contribution < -0.4 is 10.6 Å². The normalized spacial score (nSPS) is 17.5. The molecule has 0 aromatic carbocycles. The van der Waals surface area contributed by atoms with Crippen molar-refractivity contribution in [1.29, 1.82) is 5.26 Å². The SMILES string of the molecule is CN(C)C(=O)O[C@@H]1C[C@H]1Nc1cc(-c2ccc3cc(C#N)cnn23)ncc1C(=O)NCC(F)C(C)(C)O. The van der Waals surface area contributed by atoms with E-state index in [4.69, 9.17) is 10.00 Å². The van der Waals surface area contributed by atoms with E-state index in [1.165, 1.54) is 31.1 Å². The minimum Gasteiger partial charge on any atom is -0.444 e. The lowest BCUT2D eigenvalue weighted by Crippen LogP contribution is -2.42. The van der Waals surface area contributed by atoms with Crippen LogP contribution in [0.1, 0.15) is 36.2 Å². The third kappa shape index (κ3) is 5.78. The van der Waals surface area contributed by atoms with Gasteiger partial charge in [0.25, 0.3) is 5.91 Å². The zero-order chi connectivity index (χ0) is 26.9. The summed E-state index contributed by atoms with van der Waals surface area (Å²) in [7, 11) is 3.18. The highest BCUT2D eigenvalue weighted by Crippen LogP contribution is 2.33. The van der Waals surface area contributed by atoms with Crippen LogP contribution in [0.5, 0.6) is 0 Å². The molecule has 0 saturated heterocycles. The number of aliphatic hydroxyl groups is 1. The predicted octanol–water partition coefficient (Wildman–Crippen LogP) is 2.36. The third-order valence-electron chi connectivity index (χ3n) is 5.94. The third-order valence-corrected chi connectivity index (χ3v) is 5.94. The van der Waals surface area contributed by atoms with Crippen molar-refractivity contribution in [2.24, 2.45) is 0 Å². The minimum atomic E-state index is -1.67. The molecular formula is C25H28FN7O4. The second-order valence-corrected chi connectivity index (χ2v) is 9.66. The fourth-order valence-electron chi connectivity index (χ4n) is 3.57. The highest BCUT2D eigenvalue weighted by molar-refractivity contribution is 6.00. The van der Waals surface area contributed by atoms with Crippen molar-refractivity contribution in [3.05, 3.63) is 47.8 Å². The number of halogens is 1. The standard InChI is InChI=1S/C25H28FN7O4/c1-25(2,36)22(26)13-29-23(34)16-12-28-18(20-6-5-15-7-14(10-27)11-30-33(15)20)8-17(16)31-19-9-21(19)37-24(35)32(3)4/h5-8,11-12,19,21-22,36H,9,13H2,1-4H3,(H,28,31)(H,29,34)/t19-,21-,22?/m1/s1. The Morgan fingerprint density at radius 3 is 2.78 bits per heavy atom. The molecule has 3 aromatic heterocycles.